The number of carboxylic acids is 1. The Morgan fingerprint density at radius 1 is 1.58 bits per heavy atom. The van der Waals surface area contributed by atoms with Crippen LogP contribution in [0.1, 0.15) is 33.6 Å². The number of aryl methyl sites for hydroxylation is 2. The molecule has 102 valence electrons. The predicted molar refractivity (Wildman–Crippen MR) is 72.8 cm³/mol. The Kier molecular flexibility index (Phi) is 4.21. The minimum atomic E-state index is -0.941. The third kappa shape index (κ3) is 3.35. The lowest BCUT2D eigenvalue weighted by atomic mass is 10.3. The van der Waals surface area contributed by atoms with Crippen molar-refractivity contribution in [3.63, 3.8) is 0 Å². The van der Waals surface area contributed by atoms with Gasteiger partial charge >= 0.3 is 5.97 Å². The molecule has 2 rings (SSSR count). The molecule has 0 spiro atoms. The van der Waals surface area contributed by atoms with E-state index >= 15 is 0 Å². The zero-order chi connectivity index (χ0) is 13.8. The lowest BCUT2D eigenvalue weighted by Crippen LogP contribution is -2.01. The van der Waals surface area contributed by atoms with Crippen molar-refractivity contribution in [2.75, 3.05) is 0 Å². The highest BCUT2D eigenvalue weighted by Gasteiger charge is 2.16. The van der Waals surface area contributed by atoms with E-state index in [1.54, 1.807) is 4.68 Å². The Balaban J connectivity index is 2.11. The Morgan fingerprint density at radius 2 is 2.37 bits per heavy atom. The molecule has 6 heteroatoms. The number of aromatic carboxylic acids is 1. The van der Waals surface area contributed by atoms with Crippen molar-refractivity contribution in [1.29, 1.82) is 0 Å². The van der Waals surface area contributed by atoms with E-state index in [1.165, 1.54) is 11.3 Å². The van der Waals surface area contributed by atoms with Gasteiger partial charge in [0.15, 0.2) is 4.88 Å². The van der Waals surface area contributed by atoms with Crippen LogP contribution in [0.15, 0.2) is 18.3 Å². The van der Waals surface area contributed by atoms with Gasteiger partial charge in [-0.1, -0.05) is 13.3 Å². The molecule has 0 bridgehead atoms. The molecule has 0 unspecified atom stereocenters. The van der Waals surface area contributed by atoms with Crippen molar-refractivity contribution >= 4 is 17.3 Å². The molecule has 2 aromatic heterocycles. The smallest absolute Gasteiger partial charge is 0.349 e. The van der Waals surface area contributed by atoms with Crippen LogP contribution in [0.2, 0.25) is 0 Å². The van der Waals surface area contributed by atoms with Crippen LogP contribution in [0.5, 0.6) is 5.75 Å². The standard InChI is InChI=1S/C13H16N2O3S/c1-3-4-10-7-11(12(19-10)13(16)17)18-8-9-5-6-15(2)14-9/h5-7H,3-4,8H2,1-2H3,(H,16,17). The average molecular weight is 280 g/mol. The van der Waals surface area contributed by atoms with Gasteiger partial charge in [-0.3, -0.25) is 4.68 Å². The summed E-state index contributed by atoms with van der Waals surface area (Å²) in [6.45, 7) is 2.35. The number of hydrogen-bond acceptors (Lipinski definition) is 4. The molecule has 0 saturated carbocycles. The fourth-order valence-electron chi connectivity index (χ4n) is 1.74. The molecule has 0 aromatic carbocycles. The first-order valence-corrected chi connectivity index (χ1v) is 6.89. The minimum absolute atomic E-state index is 0.263. The largest absolute Gasteiger partial charge is 0.485 e. The summed E-state index contributed by atoms with van der Waals surface area (Å²) in [5, 5.41) is 13.4. The maximum Gasteiger partial charge on any atom is 0.349 e. The van der Waals surface area contributed by atoms with Gasteiger partial charge in [0.2, 0.25) is 0 Å². The number of carboxylic acid groups (broad SMARTS) is 1. The van der Waals surface area contributed by atoms with Crippen molar-refractivity contribution < 1.29 is 14.6 Å². The van der Waals surface area contributed by atoms with E-state index in [1.807, 2.05) is 25.4 Å². The minimum Gasteiger partial charge on any atom is -0.485 e. The fraction of sp³-hybridized carbons (Fsp3) is 0.385. The van der Waals surface area contributed by atoms with Gasteiger partial charge in [0.1, 0.15) is 12.4 Å². The zero-order valence-electron chi connectivity index (χ0n) is 10.9. The van der Waals surface area contributed by atoms with Crippen molar-refractivity contribution in [3.8, 4) is 5.75 Å². The van der Waals surface area contributed by atoms with Crippen LogP contribution in [0.4, 0.5) is 0 Å². The highest BCUT2D eigenvalue weighted by molar-refractivity contribution is 7.14. The number of nitrogens with zero attached hydrogens (tertiary/aromatic N) is 2. The van der Waals surface area contributed by atoms with Gasteiger partial charge in [0, 0.05) is 18.1 Å². The van der Waals surface area contributed by atoms with Gasteiger partial charge in [-0.05, 0) is 18.6 Å². The normalized spacial score (nSPS) is 10.6. The van der Waals surface area contributed by atoms with Crippen LogP contribution in [0.3, 0.4) is 0 Å². The molecule has 0 amide bonds. The van der Waals surface area contributed by atoms with Crippen molar-refractivity contribution in [1.82, 2.24) is 9.78 Å². The first kappa shape index (κ1) is 13.6. The van der Waals surface area contributed by atoms with Gasteiger partial charge in [0.05, 0.1) is 5.69 Å². The zero-order valence-corrected chi connectivity index (χ0v) is 11.7. The summed E-state index contributed by atoms with van der Waals surface area (Å²) in [5.74, 6) is -0.505. The average Bonchev–Trinajstić information content (AvgIpc) is 2.93. The molecule has 1 N–H and O–H groups in total. The number of thiophene rings is 1. The van der Waals surface area contributed by atoms with E-state index in [0.29, 0.717) is 5.75 Å². The van der Waals surface area contributed by atoms with Crippen LogP contribution in [-0.4, -0.2) is 20.9 Å². The molecule has 0 aliphatic rings. The molecule has 0 radical (unpaired) electrons. The first-order chi connectivity index (χ1) is 9.10. The molecule has 5 nitrogen and oxygen atoms in total. The van der Waals surface area contributed by atoms with E-state index in [2.05, 4.69) is 12.0 Å². The molecule has 0 aliphatic heterocycles. The summed E-state index contributed by atoms with van der Waals surface area (Å²) in [7, 11) is 1.83. The maximum absolute atomic E-state index is 11.2. The molecule has 0 aliphatic carbocycles. The SMILES string of the molecule is CCCc1cc(OCc2ccn(C)n2)c(C(=O)O)s1. The maximum atomic E-state index is 11.2. The van der Waals surface area contributed by atoms with Gasteiger partial charge < -0.3 is 9.84 Å². The highest BCUT2D eigenvalue weighted by Crippen LogP contribution is 2.30. The monoisotopic (exact) mass is 280 g/mol. The molecule has 2 aromatic rings. The number of ether oxygens (including phenoxy) is 1. The summed E-state index contributed by atoms with van der Waals surface area (Å²) in [6.07, 6.45) is 3.68. The highest BCUT2D eigenvalue weighted by atomic mass is 32.1. The topological polar surface area (TPSA) is 64.4 Å². The Hall–Kier alpha value is -1.82. The number of hydrogen-bond donors (Lipinski definition) is 1. The number of rotatable bonds is 6. The summed E-state index contributed by atoms with van der Waals surface area (Å²) in [5.41, 5.74) is 0.780. The summed E-state index contributed by atoms with van der Waals surface area (Å²) < 4.78 is 7.27. The summed E-state index contributed by atoms with van der Waals surface area (Å²) >= 11 is 1.28. The molecule has 0 fully saturated rings. The molecule has 0 atom stereocenters. The summed E-state index contributed by atoms with van der Waals surface area (Å²) in [4.78, 5) is 12.5. The lowest BCUT2D eigenvalue weighted by molar-refractivity contribution is 0.0697. The van der Waals surface area contributed by atoms with E-state index in [4.69, 9.17) is 9.84 Å². The van der Waals surface area contributed by atoms with Crippen molar-refractivity contribution in [3.05, 3.63) is 33.8 Å². The van der Waals surface area contributed by atoms with E-state index < -0.39 is 5.97 Å². The van der Waals surface area contributed by atoms with Crippen LogP contribution in [0, 0.1) is 0 Å². The van der Waals surface area contributed by atoms with Gasteiger partial charge in [-0.15, -0.1) is 11.3 Å². The number of carbonyl (C=O) groups is 1. The van der Waals surface area contributed by atoms with Gasteiger partial charge in [0.25, 0.3) is 0 Å². The van der Waals surface area contributed by atoms with E-state index in [0.717, 1.165) is 23.4 Å². The molecular weight excluding hydrogens is 264 g/mol. The quantitative estimate of drug-likeness (QED) is 0.883. The Bertz CT molecular complexity index is 574. The van der Waals surface area contributed by atoms with E-state index in [9.17, 15) is 4.79 Å². The van der Waals surface area contributed by atoms with Crippen LogP contribution < -0.4 is 4.74 Å². The lowest BCUT2D eigenvalue weighted by Gasteiger charge is -2.02. The van der Waals surface area contributed by atoms with Gasteiger partial charge in [-0.2, -0.15) is 5.10 Å². The number of aromatic nitrogens is 2. The second-order valence-electron chi connectivity index (χ2n) is 4.23. The van der Waals surface area contributed by atoms with Crippen LogP contribution in [-0.2, 0) is 20.1 Å². The molecule has 2 heterocycles. The molecular formula is C13H16N2O3S. The summed E-state index contributed by atoms with van der Waals surface area (Å²) in [6, 6.07) is 3.67. The third-order valence-electron chi connectivity index (χ3n) is 2.58. The predicted octanol–water partition coefficient (Wildman–Crippen LogP) is 2.71. The van der Waals surface area contributed by atoms with Crippen LogP contribution in [0.25, 0.3) is 0 Å². The second-order valence-corrected chi connectivity index (χ2v) is 5.37. The van der Waals surface area contributed by atoms with Crippen molar-refractivity contribution in [2.45, 2.75) is 26.4 Å². The van der Waals surface area contributed by atoms with Crippen molar-refractivity contribution in [2.24, 2.45) is 7.05 Å². The molecule has 0 saturated heterocycles. The van der Waals surface area contributed by atoms with E-state index in [-0.39, 0.29) is 11.5 Å². The molecule has 19 heavy (non-hydrogen) atoms. The van der Waals surface area contributed by atoms with Gasteiger partial charge in [-0.25, -0.2) is 4.79 Å². The second kappa shape index (κ2) is 5.88. The van der Waals surface area contributed by atoms with Crippen LogP contribution >= 0.6 is 11.3 Å². The fourth-order valence-corrected chi connectivity index (χ4v) is 2.78. The Labute approximate surface area is 115 Å². The Morgan fingerprint density at radius 3 is 2.95 bits per heavy atom. The third-order valence-corrected chi connectivity index (χ3v) is 3.75. The first-order valence-electron chi connectivity index (χ1n) is 6.07.